The van der Waals surface area contributed by atoms with E-state index in [0.29, 0.717) is 30.9 Å². The number of hydrogen-bond acceptors (Lipinski definition) is 4. The van der Waals surface area contributed by atoms with E-state index in [9.17, 15) is 0 Å². The van der Waals surface area contributed by atoms with Gasteiger partial charge < -0.3 is 9.30 Å². The summed E-state index contributed by atoms with van der Waals surface area (Å²) >= 11 is 0. The lowest BCUT2D eigenvalue weighted by molar-refractivity contribution is -0.00843. The molecule has 0 aromatic carbocycles. The molecule has 1 saturated carbocycles. The molecule has 2 rings (SSSR count). The molecule has 0 amide bonds. The van der Waals surface area contributed by atoms with E-state index in [4.69, 9.17) is 15.3 Å². The Hall–Kier alpha value is -1.85. The second-order valence-corrected chi connectivity index (χ2v) is 5.03. The molecule has 0 saturated heterocycles. The summed E-state index contributed by atoms with van der Waals surface area (Å²) in [5.41, 5.74) is 0.510. The second-order valence-electron chi connectivity index (χ2n) is 5.03. The van der Waals surface area contributed by atoms with Gasteiger partial charge in [-0.15, -0.1) is 0 Å². The van der Waals surface area contributed by atoms with Crippen LogP contribution >= 0.6 is 0 Å². The van der Waals surface area contributed by atoms with E-state index < -0.39 is 0 Å². The summed E-state index contributed by atoms with van der Waals surface area (Å²) in [6.07, 6.45) is 6.76. The predicted molar refractivity (Wildman–Crippen MR) is 69.0 cm³/mol. The fourth-order valence-electron chi connectivity index (χ4n) is 2.58. The Labute approximate surface area is 113 Å². The molecule has 100 valence electrons. The van der Waals surface area contributed by atoms with Gasteiger partial charge in [0.2, 0.25) is 0 Å². The average molecular weight is 258 g/mol. The van der Waals surface area contributed by atoms with E-state index in [1.54, 1.807) is 4.57 Å². The Kier molecular flexibility index (Phi) is 4.54. The molecule has 5 nitrogen and oxygen atoms in total. The SMILES string of the molecule is C[C@H]1CCCC[C@H]1OCCn1cnc(C#N)c1C#N. The molecule has 1 aromatic rings. The summed E-state index contributed by atoms with van der Waals surface area (Å²) in [6.45, 7) is 3.36. The topological polar surface area (TPSA) is 74.6 Å². The van der Waals surface area contributed by atoms with E-state index in [0.717, 1.165) is 6.42 Å². The third kappa shape index (κ3) is 3.13. The van der Waals surface area contributed by atoms with Crippen LogP contribution < -0.4 is 0 Å². The van der Waals surface area contributed by atoms with Gasteiger partial charge in [0.1, 0.15) is 12.1 Å². The number of rotatable bonds is 4. The van der Waals surface area contributed by atoms with Gasteiger partial charge in [-0.2, -0.15) is 10.5 Å². The van der Waals surface area contributed by atoms with Gasteiger partial charge in [-0.25, -0.2) is 4.98 Å². The maximum atomic E-state index is 9.01. The van der Waals surface area contributed by atoms with Crippen LogP contribution in [0.15, 0.2) is 6.33 Å². The van der Waals surface area contributed by atoms with Crippen molar-refractivity contribution in [2.75, 3.05) is 6.61 Å². The highest BCUT2D eigenvalue weighted by atomic mass is 16.5. The minimum Gasteiger partial charge on any atom is -0.376 e. The quantitative estimate of drug-likeness (QED) is 0.829. The van der Waals surface area contributed by atoms with E-state index in [2.05, 4.69) is 11.9 Å². The van der Waals surface area contributed by atoms with Gasteiger partial charge in [0, 0.05) is 6.54 Å². The fourth-order valence-corrected chi connectivity index (χ4v) is 2.58. The van der Waals surface area contributed by atoms with E-state index in [-0.39, 0.29) is 5.69 Å². The van der Waals surface area contributed by atoms with Crippen LogP contribution in [0.4, 0.5) is 0 Å². The van der Waals surface area contributed by atoms with Gasteiger partial charge in [-0.05, 0) is 18.8 Å². The second kappa shape index (κ2) is 6.36. The third-order valence-corrected chi connectivity index (χ3v) is 3.75. The third-order valence-electron chi connectivity index (χ3n) is 3.75. The van der Waals surface area contributed by atoms with Crippen LogP contribution in [-0.2, 0) is 11.3 Å². The van der Waals surface area contributed by atoms with Crippen molar-refractivity contribution in [1.29, 1.82) is 10.5 Å². The molecule has 0 unspecified atom stereocenters. The van der Waals surface area contributed by atoms with Crippen molar-refractivity contribution in [1.82, 2.24) is 9.55 Å². The zero-order chi connectivity index (χ0) is 13.7. The van der Waals surface area contributed by atoms with Crippen molar-refractivity contribution < 1.29 is 4.74 Å². The van der Waals surface area contributed by atoms with E-state index in [1.807, 2.05) is 12.1 Å². The first-order valence-corrected chi connectivity index (χ1v) is 6.73. The number of nitriles is 2. The van der Waals surface area contributed by atoms with Crippen LogP contribution in [0.2, 0.25) is 0 Å². The van der Waals surface area contributed by atoms with Crippen molar-refractivity contribution in [3.8, 4) is 12.1 Å². The Morgan fingerprint density at radius 3 is 2.84 bits per heavy atom. The standard InChI is InChI=1S/C14H18N4O/c1-11-4-2-3-5-14(11)19-7-6-18-10-17-12(8-15)13(18)9-16/h10-11,14H,2-7H2,1H3/t11-,14+/m0/s1. The summed E-state index contributed by atoms with van der Waals surface area (Å²) in [7, 11) is 0. The molecule has 0 spiro atoms. The smallest absolute Gasteiger partial charge is 0.176 e. The van der Waals surface area contributed by atoms with Crippen molar-refractivity contribution in [2.45, 2.75) is 45.3 Å². The van der Waals surface area contributed by atoms with Crippen LogP contribution in [-0.4, -0.2) is 22.3 Å². The van der Waals surface area contributed by atoms with Gasteiger partial charge in [-0.3, -0.25) is 0 Å². The van der Waals surface area contributed by atoms with Crippen molar-refractivity contribution in [2.24, 2.45) is 5.92 Å². The van der Waals surface area contributed by atoms with E-state index in [1.165, 1.54) is 25.6 Å². The minimum atomic E-state index is 0.188. The van der Waals surface area contributed by atoms with Gasteiger partial charge in [-0.1, -0.05) is 19.8 Å². The molecule has 1 fully saturated rings. The molecule has 1 aliphatic rings. The van der Waals surface area contributed by atoms with Crippen molar-refractivity contribution in [3.05, 3.63) is 17.7 Å². The zero-order valence-corrected chi connectivity index (χ0v) is 11.2. The molecule has 0 radical (unpaired) electrons. The molecular formula is C14H18N4O. The predicted octanol–water partition coefficient (Wildman–Crippen LogP) is 2.22. The molecule has 1 aromatic heterocycles. The molecule has 19 heavy (non-hydrogen) atoms. The molecule has 5 heteroatoms. The lowest BCUT2D eigenvalue weighted by Gasteiger charge is -2.28. The normalized spacial score (nSPS) is 22.7. The minimum absolute atomic E-state index is 0.188. The van der Waals surface area contributed by atoms with Crippen LogP contribution in [0.25, 0.3) is 0 Å². The van der Waals surface area contributed by atoms with Crippen LogP contribution in [0, 0.1) is 28.6 Å². The number of ether oxygens (including phenoxy) is 1. The molecule has 1 heterocycles. The maximum absolute atomic E-state index is 9.01. The Balaban J connectivity index is 1.88. The molecular weight excluding hydrogens is 240 g/mol. The number of hydrogen-bond donors (Lipinski definition) is 0. The van der Waals surface area contributed by atoms with Crippen LogP contribution in [0.5, 0.6) is 0 Å². The average Bonchev–Trinajstić information content (AvgIpc) is 2.83. The lowest BCUT2D eigenvalue weighted by atomic mass is 9.88. The molecule has 0 N–H and O–H groups in total. The molecule has 2 atom stereocenters. The van der Waals surface area contributed by atoms with E-state index >= 15 is 0 Å². The summed E-state index contributed by atoms with van der Waals surface area (Å²) in [5.74, 6) is 0.613. The summed E-state index contributed by atoms with van der Waals surface area (Å²) in [5, 5.41) is 17.8. The van der Waals surface area contributed by atoms with Gasteiger partial charge in [0.05, 0.1) is 19.0 Å². The Morgan fingerprint density at radius 1 is 1.37 bits per heavy atom. The maximum Gasteiger partial charge on any atom is 0.176 e. The van der Waals surface area contributed by atoms with Gasteiger partial charge >= 0.3 is 0 Å². The summed E-state index contributed by atoms with van der Waals surface area (Å²) < 4.78 is 7.59. The number of nitrogens with zero attached hydrogens (tertiary/aromatic N) is 4. The summed E-state index contributed by atoms with van der Waals surface area (Å²) in [4.78, 5) is 3.91. The molecule has 1 aliphatic carbocycles. The van der Waals surface area contributed by atoms with Crippen LogP contribution in [0.3, 0.4) is 0 Å². The zero-order valence-electron chi connectivity index (χ0n) is 11.2. The molecule has 0 aliphatic heterocycles. The number of aromatic nitrogens is 2. The fraction of sp³-hybridized carbons (Fsp3) is 0.643. The Morgan fingerprint density at radius 2 is 2.16 bits per heavy atom. The number of imidazole rings is 1. The monoisotopic (exact) mass is 258 g/mol. The van der Waals surface area contributed by atoms with Crippen LogP contribution in [0.1, 0.15) is 44.0 Å². The largest absolute Gasteiger partial charge is 0.376 e. The highest BCUT2D eigenvalue weighted by Crippen LogP contribution is 2.26. The first-order valence-electron chi connectivity index (χ1n) is 6.73. The van der Waals surface area contributed by atoms with Gasteiger partial charge in [0.25, 0.3) is 0 Å². The molecule has 0 bridgehead atoms. The highest BCUT2D eigenvalue weighted by Gasteiger charge is 2.21. The summed E-state index contributed by atoms with van der Waals surface area (Å²) in [6, 6.07) is 3.93. The van der Waals surface area contributed by atoms with Crippen molar-refractivity contribution >= 4 is 0 Å². The first-order chi connectivity index (χ1) is 9.26. The Bertz CT molecular complexity index is 508. The first kappa shape index (κ1) is 13.6. The highest BCUT2D eigenvalue weighted by molar-refractivity contribution is 5.35. The lowest BCUT2D eigenvalue weighted by Crippen LogP contribution is -2.27. The van der Waals surface area contributed by atoms with Crippen molar-refractivity contribution in [3.63, 3.8) is 0 Å². The van der Waals surface area contributed by atoms with Gasteiger partial charge in [0.15, 0.2) is 11.4 Å².